The molecule has 0 atom stereocenters. The smallest absolute Gasteiger partial charge is 0.238 e. The van der Waals surface area contributed by atoms with E-state index in [1.807, 2.05) is 19.1 Å². The summed E-state index contributed by atoms with van der Waals surface area (Å²) in [6.07, 6.45) is 0. The molecule has 0 aliphatic carbocycles. The number of aryl methyl sites for hydroxylation is 1. The number of rotatable bonds is 5. The maximum absolute atomic E-state index is 12.3. The van der Waals surface area contributed by atoms with E-state index in [9.17, 15) is 4.79 Å². The molecule has 5 nitrogen and oxygen atoms in total. The lowest BCUT2D eigenvalue weighted by molar-refractivity contribution is -0.117. The number of hydrogen-bond donors (Lipinski definition) is 2. The maximum atomic E-state index is 12.3. The molecule has 1 amide bonds. The standard InChI is InChI=1S/C18H30N4O/c1-14-6-5-7-16(15(14)2)20-17(23)12-21-8-10-22(11-9-21)13-18(3,4)19/h5-7H,8-13,19H2,1-4H3,(H,20,23). The van der Waals surface area contributed by atoms with Gasteiger partial charge in [0.2, 0.25) is 5.91 Å². The van der Waals surface area contributed by atoms with E-state index in [-0.39, 0.29) is 11.4 Å². The lowest BCUT2D eigenvalue weighted by atomic mass is 10.1. The van der Waals surface area contributed by atoms with Crippen LogP contribution in [0, 0.1) is 13.8 Å². The Labute approximate surface area is 139 Å². The van der Waals surface area contributed by atoms with Gasteiger partial charge in [-0.1, -0.05) is 12.1 Å². The molecule has 1 saturated heterocycles. The predicted octanol–water partition coefficient (Wildman–Crippen LogP) is 1.60. The Hall–Kier alpha value is -1.43. The SMILES string of the molecule is Cc1cccc(NC(=O)CN2CCN(CC(C)(C)N)CC2)c1C. The quantitative estimate of drug-likeness (QED) is 0.866. The first-order chi connectivity index (χ1) is 10.7. The Bertz CT molecular complexity index is 542. The molecule has 1 fully saturated rings. The molecule has 3 N–H and O–H groups in total. The fourth-order valence-corrected chi connectivity index (χ4v) is 2.96. The van der Waals surface area contributed by atoms with Gasteiger partial charge >= 0.3 is 0 Å². The van der Waals surface area contributed by atoms with Gasteiger partial charge in [0, 0.05) is 44.0 Å². The van der Waals surface area contributed by atoms with Gasteiger partial charge in [0.15, 0.2) is 0 Å². The van der Waals surface area contributed by atoms with E-state index in [2.05, 4.69) is 42.0 Å². The minimum Gasteiger partial charge on any atom is -0.325 e. The zero-order valence-electron chi connectivity index (χ0n) is 14.9. The number of nitrogens with one attached hydrogen (secondary N) is 1. The summed E-state index contributed by atoms with van der Waals surface area (Å²) in [4.78, 5) is 16.9. The number of nitrogens with zero attached hydrogens (tertiary/aromatic N) is 2. The van der Waals surface area contributed by atoms with Crippen molar-refractivity contribution in [2.24, 2.45) is 5.73 Å². The van der Waals surface area contributed by atoms with Crippen LogP contribution in [0.5, 0.6) is 0 Å². The third-order valence-electron chi connectivity index (χ3n) is 4.34. The van der Waals surface area contributed by atoms with Gasteiger partial charge in [0.1, 0.15) is 0 Å². The summed E-state index contributed by atoms with van der Waals surface area (Å²) in [6, 6.07) is 6.00. The summed E-state index contributed by atoms with van der Waals surface area (Å²) in [6.45, 7) is 13.3. The van der Waals surface area contributed by atoms with Crippen LogP contribution in [0.1, 0.15) is 25.0 Å². The van der Waals surface area contributed by atoms with Crippen LogP contribution in [0.3, 0.4) is 0 Å². The van der Waals surface area contributed by atoms with Crippen LogP contribution < -0.4 is 11.1 Å². The number of amides is 1. The topological polar surface area (TPSA) is 61.6 Å². The first-order valence-electron chi connectivity index (χ1n) is 8.34. The molecule has 128 valence electrons. The fourth-order valence-electron chi connectivity index (χ4n) is 2.96. The monoisotopic (exact) mass is 318 g/mol. The number of carbonyl (C=O) groups excluding carboxylic acids is 1. The van der Waals surface area contributed by atoms with Crippen LogP contribution in [-0.2, 0) is 4.79 Å². The molecule has 0 bridgehead atoms. The van der Waals surface area contributed by atoms with Gasteiger partial charge in [0.05, 0.1) is 6.54 Å². The van der Waals surface area contributed by atoms with Crippen molar-refractivity contribution in [2.45, 2.75) is 33.2 Å². The molecule has 2 rings (SSSR count). The van der Waals surface area contributed by atoms with Crippen LogP contribution in [0.15, 0.2) is 18.2 Å². The van der Waals surface area contributed by atoms with Crippen LogP contribution in [0.4, 0.5) is 5.69 Å². The number of piperazine rings is 1. The summed E-state index contributed by atoms with van der Waals surface area (Å²) in [5.74, 6) is 0.0614. The van der Waals surface area contributed by atoms with E-state index in [1.165, 1.54) is 5.56 Å². The highest BCUT2D eigenvalue weighted by Gasteiger charge is 2.22. The molecule has 0 radical (unpaired) electrons. The number of hydrogen-bond acceptors (Lipinski definition) is 4. The molecule has 5 heteroatoms. The zero-order valence-corrected chi connectivity index (χ0v) is 14.9. The first-order valence-corrected chi connectivity index (χ1v) is 8.34. The second-order valence-corrected chi connectivity index (χ2v) is 7.34. The van der Waals surface area contributed by atoms with Crippen molar-refractivity contribution in [3.63, 3.8) is 0 Å². The molecule has 1 aromatic rings. The average Bonchev–Trinajstić information content (AvgIpc) is 2.44. The second-order valence-electron chi connectivity index (χ2n) is 7.34. The van der Waals surface area contributed by atoms with Crippen LogP contribution in [0.2, 0.25) is 0 Å². The Morgan fingerprint density at radius 3 is 2.39 bits per heavy atom. The highest BCUT2D eigenvalue weighted by Crippen LogP contribution is 2.18. The normalized spacial score (nSPS) is 17.3. The van der Waals surface area contributed by atoms with Crippen molar-refractivity contribution in [1.29, 1.82) is 0 Å². The molecule has 23 heavy (non-hydrogen) atoms. The molecule has 1 aromatic carbocycles. The van der Waals surface area contributed by atoms with Crippen molar-refractivity contribution < 1.29 is 4.79 Å². The number of anilines is 1. The molecule has 0 spiro atoms. The molecule has 1 aliphatic heterocycles. The van der Waals surface area contributed by atoms with Crippen LogP contribution in [-0.4, -0.2) is 60.5 Å². The molecular formula is C18H30N4O. The highest BCUT2D eigenvalue weighted by atomic mass is 16.2. The molecule has 1 aliphatic rings. The van der Waals surface area contributed by atoms with Gasteiger partial charge in [-0.25, -0.2) is 0 Å². The number of benzene rings is 1. The van der Waals surface area contributed by atoms with Gasteiger partial charge in [-0.15, -0.1) is 0 Å². The van der Waals surface area contributed by atoms with Crippen molar-refractivity contribution in [1.82, 2.24) is 9.80 Å². The minimum atomic E-state index is -0.164. The van der Waals surface area contributed by atoms with Gasteiger partial charge in [0.25, 0.3) is 0 Å². The zero-order chi connectivity index (χ0) is 17.0. The minimum absolute atomic E-state index is 0.0614. The predicted molar refractivity (Wildman–Crippen MR) is 95.7 cm³/mol. The summed E-state index contributed by atoms with van der Waals surface area (Å²) >= 11 is 0. The van der Waals surface area contributed by atoms with E-state index >= 15 is 0 Å². The second kappa shape index (κ2) is 7.43. The summed E-state index contributed by atoms with van der Waals surface area (Å²) in [5, 5.41) is 3.03. The lowest BCUT2D eigenvalue weighted by Crippen LogP contribution is -2.53. The van der Waals surface area contributed by atoms with Crippen LogP contribution >= 0.6 is 0 Å². The highest BCUT2D eigenvalue weighted by molar-refractivity contribution is 5.93. The van der Waals surface area contributed by atoms with Crippen molar-refractivity contribution in [2.75, 3.05) is 44.6 Å². The molecular weight excluding hydrogens is 288 g/mol. The van der Waals surface area contributed by atoms with E-state index in [4.69, 9.17) is 5.73 Å². The van der Waals surface area contributed by atoms with Gasteiger partial charge in [-0.2, -0.15) is 0 Å². The van der Waals surface area contributed by atoms with Gasteiger partial charge in [-0.05, 0) is 44.9 Å². The van der Waals surface area contributed by atoms with E-state index in [0.717, 1.165) is 44.0 Å². The Kier molecular flexibility index (Phi) is 5.79. The summed E-state index contributed by atoms with van der Waals surface area (Å²) in [5.41, 5.74) is 9.16. The maximum Gasteiger partial charge on any atom is 0.238 e. The fraction of sp³-hybridized carbons (Fsp3) is 0.611. The third-order valence-corrected chi connectivity index (χ3v) is 4.34. The van der Waals surface area contributed by atoms with E-state index in [0.29, 0.717) is 6.54 Å². The Morgan fingerprint density at radius 1 is 1.17 bits per heavy atom. The van der Waals surface area contributed by atoms with Crippen molar-refractivity contribution in [3.05, 3.63) is 29.3 Å². The number of nitrogens with two attached hydrogens (primary N) is 1. The number of carbonyl (C=O) groups is 1. The van der Waals surface area contributed by atoms with Crippen molar-refractivity contribution in [3.8, 4) is 0 Å². The largest absolute Gasteiger partial charge is 0.325 e. The molecule has 0 unspecified atom stereocenters. The van der Waals surface area contributed by atoms with E-state index < -0.39 is 0 Å². The molecule has 0 aromatic heterocycles. The third kappa shape index (κ3) is 5.61. The Balaban J connectivity index is 1.80. The summed E-state index contributed by atoms with van der Waals surface area (Å²) in [7, 11) is 0. The Morgan fingerprint density at radius 2 is 1.78 bits per heavy atom. The lowest BCUT2D eigenvalue weighted by Gasteiger charge is -2.37. The van der Waals surface area contributed by atoms with Gasteiger partial charge in [-0.3, -0.25) is 14.6 Å². The molecule has 0 saturated carbocycles. The van der Waals surface area contributed by atoms with Crippen molar-refractivity contribution >= 4 is 11.6 Å². The van der Waals surface area contributed by atoms with E-state index in [1.54, 1.807) is 0 Å². The average molecular weight is 318 g/mol. The first kappa shape index (κ1) is 17.9. The summed E-state index contributed by atoms with van der Waals surface area (Å²) < 4.78 is 0. The molecule has 1 heterocycles. The van der Waals surface area contributed by atoms with Gasteiger partial charge < -0.3 is 11.1 Å². The van der Waals surface area contributed by atoms with Crippen LogP contribution in [0.25, 0.3) is 0 Å².